The number of non-ortho nitro benzene ring substituents is 1. The second-order valence-electron chi connectivity index (χ2n) is 4.83. The van der Waals surface area contributed by atoms with Gasteiger partial charge < -0.3 is 10.4 Å². The van der Waals surface area contributed by atoms with E-state index in [1.54, 1.807) is 6.07 Å². The van der Waals surface area contributed by atoms with Crippen LogP contribution < -0.4 is 10.6 Å². The predicted molar refractivity (Wildman–Crippen MR) is 116 cm³/mol. The maximum Gasteiger partial charge on any atom is 0.337 e. The Morgan fingerprint density at radius 2 is 1.77 bits per heavy atom. The van der Waals surface area contributed by atoms with Gasteiger partial charge in [0.05, 0.1) is 16.2 Å². The first-order valence-electron chi connectivity index (χ1n) is 6.78. The molecule has 134 valence electrons. The van der Waals surface area contributed by atoms with E-state index < -0.39 is 16.8 Å². The Morgan fingerprint density at radius 1 is 1.15 bits per heavy atom. The highest BCUT2D eigenvalue weighted by Gasteiger charge is 2.17. The first kappa shape index (κ1) is 20.4. The summed E-state index contributed by atoms with van der Waals surface area (Å²) < 4.78 is 1.37. The molecular weight excluding hydrogens is 588 g/mol. The minimum atomic E-state index is -1.13. The van der Waals surface area contributed by atoms with Crippen LogP contribution in [0.4, 0.5) is 11.4 Å². The van der Waals surface area contributed by atoms with Gasteiger partial charge in [-0.3, -0.25) is 20.2 Å². The number of hydrogen-bond donors (Lipinski definition) is 3. The highest BCUT2D eigenvalue weighted by atomic mass is 127. The summed E-state index contributed by atoms with van der Waals surface area (Å²) in [6, 6.07) is 8.25. The third-order valence-corrected chi connectivity index (χ3v) is 4.77. The van der Waals surface area contributed by atoms with Crippen molar-refractivity contribution in [3.8, 4) is 0 Å². The van der Waals surface area contributed by atoms with Gasteiger partial charge in [0, 0.05) is 24.8 Å². The molecule has 0 unspecified atom stereocenters. The van der Waals surface area contributed by atoms with Gasteiger partial charge in [-0.15, -0.1) is 0 Å². The maximum absolute atomic E-state index is 12.2. The minimum absolute atomic E-state index is 0.0215. The maximum atomic E-state index is 12.2. The molecule has 0 heterocycles. The van der Waals surface area contributed by atoms with Crippen LogP contribution in [-0.2, 0) is 0 Å². The molecule has 0 atom stereocenters. The van der Waals surface area contributed by atoms with E-state index in [0.717, 1.165) is 3.57 Å². The summed E-state index contributed by atoms with van der Waals surface area (Å²) in [4.78, 5) is 33.6. The van der Waals surface area contributed by atoms with Crippen molar-refractivity contribution in [1.82, 2.24) is 5.32 Å². The van der Waals surface area contributed by atoms with E-state index in [-0.39, 0.29) is 27.6 Å². The number of halogens is 2. The van der Waals surface area contributed by atoms with E-state index in [1.807, 2.05) is 45.2 Å². The molecule has 8 nitrogen and oxygen atoms in total. The van der Waals surface area contributed by atoms with Crippen molar-refractivity contribution in [3.63, 3.8) is 0 Å². The van der Waals surface area contributed by atoms with E-state index in [9.17, 15) is 24.8 Å². The number of nitro benzene ring substituents is 1. The zero-order valence-corrected chi connectivity index (χ0v) is 17.8. The Balaban J connectivity index is 2.15. The molecular formula is C15H9I2N3O5S. The Bertz CT molecular complexity index is 918. The van der Waals surface area contributed by atoms with Crippen LogP contribution in [0, 0.1) is 17.3 Å². The fourth-order valence-corrected chi connectivity index (χ4v) is 4.10. The van der Waals surface area contributed by atoms with Gasteiger partial charge in [0.1, 0.15) is 0 Å². The summed E-state index contributed by atoms with van der Waals surface area (Å²) in [6.45, 7) is 0. The molecule has 0 radical (unpaired) electrons. The lowest BCUT2D eigenvalue weighted by Crippen LogP contribution is -2.34. The van der Waals surface area contributed by atoms with Crippen LogP contribution in [0.2, 0.25) is 0 Å². The van der Waals surface area contributed by atoms with Gasteiger partial charge in [0.2, 0.25) is 0 Å². The van der Waals surface area contributed by atoms with Crippen LogP contribution >= 0.6 is 57.4 Å². The number of nitrogens with one attached hydrogen (secondary N) is 2. The monoisotopic (exact) mass is 597 g/mol. The summed E-state index contributed by atoms with van der Waals surface area (Å²) in [7, 11) is 0. The Kier molecular flexibility index (Phi) is 6.82. The third kappa shape index (κ3) is 5.07. The van der Waals surface area contributed by atoms with Gasteiger partial charge in [0.15, 0.2) is 5.11 Å². The van der Waals surface area contributed by atoms with Crippen molar-refractivity contribution < 1.29 is 19.6 Å². The summed E-state index contributed by atoms with van der Waals surface area (Å²) in [5.41, 5.74) is 0.332. The van der Waals surface area contributed by atoms with Gasteiger partial charge in [-0.25, -0.2) is 4.79 Å². The van der Waals surface area contributed by atoms with E-state index in [4.69, 9.17) is 12.2 Å². The Labute approximate surface area is 179 Å². The first-order valence-corrected chi connectivity index (χ1v) is 9.34. The number of carboxylic acid groups (broad SMARTS) is 1. The van der Waals surface area contributed by atoms with Crippen molar-refractivity contribution in [1.29, 1.82) is 0 Å². The van der Waals surface area contributed by atoms with Crippen molar-refractivity contribution in [2.24, 2.45) is 0 Å². The van der Waals surface area contributed by atoms with Gasteiger partial charge in [-0.1, -0.05) is 0 Å². The molecule has 2 aromatic rings. The molecule has 0 aliphatic rings. The van der Waals surface area contributed by atoms with Crippen molar-refractivity contribution >= 4 is 85.8 Å². The number of anilines is 1. The number of carbonyl (C=O) groups excluding carboxylic acids is 1. The fraction of sp³-hybridized carbons (Fsp3) is 0. The number of amides is 1. The number of thiocarbonyl (C=S) groups is 1. The summed E-state index contributed by atoms with van der Waals surface area (Å²) in [5.74, 6) is -1.71. The van der Waals surface area contributed by atoms with Crippen LogP contribution in [0.3, 0.4) is 0 Å². The first-order chi connectivity index (χ1) is 12.2. The van der Waals surface area contributed by atoms with Crippen LogP contribution in [0.1, 0.15) is 20.7 Å². The predicted octanol–water partition coefficient (Wildman–Crippen LogP) is 3.63. The number of nitrogens with zero attached hydrogens (tertiary/aromatic N) is 1. The molecule has 0 spiro atoms. The fourth-order valence-electron chi connectivity index (χ4n) is 1.92. The Morgan fingerprint density at radius 3 is 2.31 bits per heavy atom. The number of carbonyl (C=O) groups is 2. The standard InChI is InChI=1S/C15H9I2N3O5S/c16-8-5-10(14(22)23)12(11(17)6-8)18-15(26)19-13(21)7-1-3-9(4-2-7)20(24)25/h1-6H,(H,22,23)(H2,18,19,21,26). The lowest BCUT2D eigenvalue weighted by atomic mass is 10.2. The highest BCUT2D eigenvalue weighted by molar-refractivity contribution is 14.1. The molecule has 0 fully saturated rings. The van der Waals surface area contributed by atoms with Crippen molar-refractivity contribution in [2.45, 2.75) is 0 Å². The molecule has 1 amide bonds. The molecule has 0 saturated heterocycles. The van der Waals surface area contributed by atoms with Gasteiger partial charge in [0.25, 0.3) is 11.6 Å². The molecule has 2 aromatic carbocycles. The Hall–Kier alpha value is -1.87. The second kappa shape index (κ2) is 8.68. The quantitative estimate of drug-likeness (QED) is 0.213. The molecule has 0 aromatic heterocycles. The van der Waals surface area contributed by atoms with E-state index in [2.05, 4.69) is 10.6 Å². The summed E-state index contributed by atoms with van der Waals surface area (Å²) in [6.07, 6.45) is 0. The van der Waals surface area contributed by atoms with Crippen molar-refractivity contribution in [3.05, 3.63) is 64.8 Å². The van der Waals surface area contributed by atoms with E-state index >= 15 is 0 Å². The smallest absolute Gasteiger partial charge is 0.337 e. The van der Waals surface area contributed by atoms with Crippen LogP contribution in [-0.4, -0.2) is 27.0 Å². The molecule has 0 bridgehead atoms. The number of hydrogen-bond acceptors (Lipinski definition) is 5. The lowest BCUT2D eigenvalue weighted by Gasteiger charge is -2.14. The van der Waals surface area contributed by atoms with Crippen molar-refractivity contribution in [2.75, 3.05) is 5.32 Å². The molecule has 0 saturated carbocycles. The zero-order chi connectivity index (χ0) is 19.4. The topological polar surface area (TPSA) is 122 Å². The molecule has 3 N–H and O–H groups in total. The largest absolute Gasteiger partial charge is 0.478 e. The average Bonchev–Trinajstić information content (AvgIpc) is 2.56. The van der Waals surface area contributed by atoms with Crippen LogP contribution in [0.15, 0.2) is 36.4 Å². The number of aromatic carboxylic acids is 1. The normalized spacial score (nSPS) is 10.1. The summed E-state index contributed by atoms with van der Waals surface area (Å²) >= 11 is 9.04. The van der Waals surface area contributed by atoms with E-state index in [1.165, 1.54) is 30.3 Å². The minimum Gasteiger partial charge on any atom is -0.478 e. The second-order valence-corrected chi connectivity index (χ2v) is 7.64. The third-order valence-electron chi connectivity index (χ3n) is 3.09. The number of rotatable bonds is 4. The van der Waals surface area contributed by atoms with Gasteiger partial charge in [-0.2, -0.15) is 0 Å². The summed E-state index contributed by atoms with van der Waals surface area (Å²) in [5, 5.41) is 25.0. The molecule has 11 heteroatoms. The highest BCUT2D eigenvalue weighted by Crippen LogP contribution is 2.26. The van der Waals surface area contributed by atoms with Gasteiger partial charge in [-0.05, 0) is 81.7 Å². The molecule has 0 aliphatic carbocycles. The van der Waals surface area contributed by atoms with Crippen LogP contribution in [0.5, 0.6) is 0 Å². The van der Waals surface area contributed by atoms with Gasteiger partial charge >= 0.3 is 5.97 Å². The number of nitro groups is 1. The zero-order valence-electron chi connectivity index (χ0n) is 12.7. The number of carboxylic acids is 1. The average molecular weight is 597 g/mol. The molecule has 0 aliphatic heterocycles. The number of benzene rings is 2. The van der Waals surface area contributed by atoms with E-state index in [0.29, 0.717) is 3.57 Å². The molecule has 26 heavy (non-hydrogen) atoms. The lowest BCUT2D eigenvalue weighted by molar-refractivity contribution is -0.384. The van der Waals surface area contributed by atoms with Crippen LogP contribution in [0.25, 0.3) is 0 Å². The SMILES string of the molecule is O=C(NC(=S)Nc1c(I)cc(I)cc1C(=O)O)c1ccc([N+](=O)[O-])cc1. The molecule has 2 rings (SSSR count).